The quantitative estimate of drug-likeness (QED) is 0.502. The zero-order valence-corrected chi connectivity index (χ0v) is 15.7. The molecule has 0 unspecified atom stereocenters. The highest BCUT2D eigenvalue weighted by Crippen LogP contribution is 2.28. The lowest BCUT2D eigenvalue weighted by Gasteiger charge is -2.06. The average Bonchev–Trinajstić information content (AvgIpc) is 3.20. The molecule has 0 spiro atoms. The Balaban J connectivity index is 1.51. The number of hydrogen-bond donors (Lipinski definition) is 2. The number of furan rings is 1. The Labute approximate surface area is 160 Å². The van der Waals surface area contributed by atoms with E-state index >= 15 is 0 Å². The maximum atomic E-state index is 14.0. The molecule has 4 nitrogen and oxygen atoms in total. The molecule has 2 N–H and O–H groups in total. The molecule has 0 aliphatic carbocycles. The number of hydrogen-bond acceptors (Lipinski definition) is 2. The number of carbonyl (C=O) groups excluding carboxylic acids is 1. The van der Waals surface area contributed by atoms with Crippen LogP contribution in [-0.2, 0) is 6.42 Å². The third-order valence-electron chi connectivity index (χ3n) is 4.79. The zero-order valence-electron chi connectivity index (χ0n) is 15.0. The number of halogens is 2. The predicted octanol–water partition coefficient (Wildman–Crippen LogP) is 5.30. The van der Waals surface area contributed by atoms with E-state index < -0.39 is 0 Å². The molecule has 2 aromatic heterocycles. The van der Waals surface area contributed by atoms with Crippen LogP contribution in [0.3, 0.4) is 0 Å². The van der Waals surface area contributed by atoms with E-state index in [0.29, 0.717) is 29.1 Å². The molecule has 0 bridgehead atoms. The second kappa shape index (κ2) is 6.74. The standard InChI is InChI=1S/C21H18ClFN2O2/c1-11-3-5-16(23)20-19(11)15(12(2)25-20)7-8-24-21(26)18-10-13-9-14(22)4-6-17(13)27-18/h3-6,9-10,25H,7-8H2,1-2H3,(H,24,26). The summed E-state index contributed by atoms with van der Waals surface area (Å²) in [5, 5.41) is 5.13. The molecule has 0 saturated carbocycles. The van der Waals surface area contributed by atoms with Crippen molar-refractivity contribution in [3.63, 3.8) is 0 Å². The predicted molar refractivity (Wildman–Crippen MR) is 105 cm³/mol. The molecule has 6 heteroatoms. The molecule has 0 fully saturated rings. The molecule has 0 atom stereocenters. The normalized spacial score (nSPS) is 11.4. The summed E-state index contributed by atoms with van der Waals surface area (Å²) in [6, 6.07) is 10.1. The van der Waals surface area contributed by atoms with Gasteiger partial charge in [0.1, 0.15) is 11.4 Å². The first kappa shape index (κ1) is 17.6. The van der Waals surface area contributed by atoms with Crippen LogP contribution < -0.4 is 5.32 Å². The van der Waals surface area contributed by atoms with Crippen molar-refractivity contribution in [2.75, 3.05) is 6.54 Å². The van der Waals surface area contributed by atoms with Crippen molar-refractivity contribution < 1.29 is 13.6 Å². The van der Waals surface area contributed by atoms with Gasteiger partial charge in [0, 0.05) is 28.0 Å². The van der Waals surface area contributed by atoms with Gasteiger partial charge in [0.15, 0.2) is 5.76 Å². The van der Waals surface area contributed by atoms with Crippen LogP contribution >= 0.6 is 11.6 Å². The van der Waals surface area contributed by atoms with Crippen LogP contribution in [0.2, 0.25) is 5.02 Å². The lowest BCUT2D eigenvalue weighted by Crippen LogP contribution is -2.25. The van der Waals surface area contributed by atoms with Gasteiger partial charge in [-0.05, 0) is 61.7 Å². The largest absolute Gasteiger partial charge is 0.451 e. The van der Waals surface area contributed by atoms with Crippen molar-refractivity contribution in [2.24, 2.45) is 0 Å². The molecular formula is C21H18ClFN2O2. The van der Waals surface area contributed by atoms with Crippen LogP contribution in [0.15, 0.2) is 40.8 Å². The van der Waals surface area contributed by atoms with Crippen LogP contribution in [0.4, 0.5) is 4.39 Å². The van der Waals surface area contributed by atoms with Gasteiger partial charge < -0.3 is 14.7 Å². The summed E-state index contributed by atoms with van der Waals surface area (Å²) in [5.41, 5.74) is 4.06. The third-order valence-corrected chi connectivity index (χ3v) is 5.03. The van der Waals surface area contributed by atoms with Gasteiger partial charge in [0.25, 0.3) is 5.91 Å². The number of carbonyl (C=O) groups is 1. The fourth-order valence-corrected chi connectivity index (χ4v) is 3.65. The maximum absolute atomic E-state index is 14.0. The van der Waals surface area contributed by atoms with Gasteiger partial charge in [-0.1, -0.05) is 17.7 Å². The Bertz CT molecular complexity index is 1180. The highest BCUT2D eigenvalue weighted by Gasteiger charge is 2.16. The number of aryl methyl sites for hydroxylation is 2. The minimum atomic E-state index is -0.289. The number of benzene rings is 2. The van der Waals surface area contributed by atoms with E-state index in [1.54, 1.807) is 30.3 Å². The van der Waals surface area contributed by atoms with Crippen LogP contribution in [0.25, 0.3) is 21.9 Å². The number of fused-ring (bicyclic) bond motifs is 2. The Hall–Kier alpha value is -2.79. The summed E-state index contributed by atoms with van der Waals surface area (Å²) in [4.78, 5) is 15.5. The van der Waals surface area contributed by atoms with Crippen molar-refractivity contribution >= 4 is 39.4 Å². The average molecular weight is 385 g/mol. The molecular weight excluding hydrogens is 367 g/mol. The zero-order chi connectivity index (χ0) is 19.1. The van der Waals surface area contributed by atoms with E-state index in [1.165, 1.54) is 6.07 Å². The summed E-state index contributed by atoms with van der Waals surface area (Å²) in [6.45, 7) is 4.29. The van der Waals surface area contributed by atoms with Gasteiger partial charge in [0.2, 0.25) is 0 Å². The number of nitrogens with one attached hydrogen (secondary N) is 2. The van der Waals surface area contributed by atoms with Gasteiger partial charge in [-0.25, -0.2) is 4.39 Å². The number of rotatable bonds is 4. The van der Waals surface area contributed by atoms with Crippen molar-refractivity contribution in [3.8, 4) is 0 Å². The molecule has 1 amide bonds. The molecule has 0 aliphatic rings. The van der Waals surface area contributed by atoms with Gasteiger partial charge >= 0.3 is 0 Å². The van der Waals surface area contributed by atoms with E-state index in [9.17, 15) is 9.18 Å². The lowest BCUT2D eigenvalue weighted by molar-refractivity contribution is 0.0928. The Kier molecular flexibility index (Phi) is 4.40. The Morgan fingerprint density at radius 3 is 2.85 bits per heavy atom. The van der Waals surface area contributed by atoms with Gasteiger partial charge in [0.05, 0.1) is 5.52 Å². The topological polar surface area (TPSA) is 58.0 Å². The SMILES string of the molecule is Cc1[nH]c2c(F)ccc(C)c2c1CCNC(=O)c1cc2cc(Cl)ccc2o1. The first-order valence-corrected chi connectivity index (χ1v) is 9.05. The fourth-order valence-electron chi connectivity index (χ4n) is 3.47. The minimum absolute atomic E-state index is 0.241. The van der Waals surface area contributed by atoms with Crippen molar-refractivity contribution in [1.82, 2.24) is 10.3 Å². The van der Waals surface area contributed by atoms with E-state index in [4.69, 9.17) is 16.0 Å². The van der Waals surface area contributed by atoms with Crippen LogP contribution in [0.1, 0.15) is 27.4 Å². The Morgan fingerprint density at radius 2 is 2.04 bits per heavy atom. The molecule has 0 aliphatic heterocycles. The van der Waals surface area contributed by atoms with Gasteiger partial charge in [-0.3, -0.25) is 4.79 Å². The number of aromatic nitrogens is 1. The first-order valence-electron chi connectivity index (χ1n) is 8.67. The monoisotopic (exact) mass is 384 g/mol. The second-order valence-corrected chi connectivity index (χ2v) is 7.08. The van der Waals surface area contributed by atoms with Crippen molar-refractivity contribution in [1.29, 1.82) is 0 Å². The van der Waals surface area contributed by atoms with Gasteiger partial charge in [-0.2, -0.15) is 0 Å². The number of amides is 1. The van der Waals surface area contributed by atoms with Gasteiger partial charge in [-0.15, -0.1) is 0 Å². The number of aromatic amines is 1. The summed E-state index contributed by atoms with van der Waals surface area (Å²) in [6.07, 6.45) is 0.591. The Morgan fingerprint density at radius 1 is 1.22 bits per heavy atom. The highest BCUT2D eigenvalue weighted by atomic mass is 35.5. The maximum Gasteiger partial charge on any atom is 0.287 e. The smallest absolute Gasteiger partial charge is 0.287 e. The lowest BCUT2D eigenvalue weighted by atomic mass is 10.0. The van der Waals surface area contributed by atoms with Crippen molar-refractivity contribution in [2.45, 2.75) is 20.3 Å². The summed E-state index contributed by atoms with van der Waals surface area (Å²) in [7, 11) is 0. The van der Waals surface area contributed by atoms with Crippen LogP contribution in [-0.4, -0.2) is 17.4 Å². The van der Waals surface area contributed by atoms with Crippen molar-refractivity contribution in [3.05, 3.63) is 69.8 Å². The molecule has 0 saturated heterocycles. The highest BCUT2D eigenvalue weighted by molar-refractivity contribution is 6.31. The molecule has 138 valence electrons. The van der Waals surface area contributed by atoms with E-state index in [-0.39, 0.29) is 17.5 Å². The van der Waals surface area contributed by atoms with E-state index in [0.717, 1.165) is 27.6 Å². The third kappa shape index (κ3) is 3.19. The number of H-pyrrole nitrogens is 1. The van der Waals surface area contributed by atoms with Crippen LogP contribution in [0.5, 0.6) is 0 Å². The van der Waals surface area contributed by atoms with E-state index in [2.05, 4.69) is 10.3 Å². The molecule has 27 heavy (non-hydrogen) atoms. The second-order valence-electron chi connectivity index (χ2n) is 6.64. The fraction of sp³-hybridized carbons (Fsp3) is 0.190. The summed E-state index contributed by atoms with van der Waals surface area (Å²) >= 11 is 5.96. The molecule has 2 heterocycles. The van der Waals surface area contributed by atoms with E-state index in [1.807, 2.05) is 13.8 Å². The molecule has 4 rings (SSSR count). The first-order chi connectivity index (χ1) is 12.9. The summed E-state index contributed by atoms with van der Waals surface area (Å²) < 4.78 is 19.6. The molecule has 0 radical (unpaired) electrons. The molecule has 4 aromatic rings. The van der Waals surface area contributed by atoms with Crippen LogP contribution in [0, 0.1) is 19.7 Å². The summed E-state index contributed by atoms with van der Waals surface area (Å²) in [5.74, 6) is -0.317. The molecule has 2 aromatic carbocycles. The minimum Gasteiger partial charge on any atom is -0.451 e.